The van der Waals surface area contributed by atoms with Crippen molar-refractivity contribution < 1.29 is 14.4 Å². The van der Waals surface area contributed by atoms with Gasteiger partial charge in [-0.25, -0.2) is 0 Å². The molecule has 1 saturated heterocycles. The van der Waals surface area contributed by atoms with E-state index in [0.717, 1.165) is 18.5 Å². The number of rotatable bonds is 5. The van der Waals surface area contributed by atoms with Gasteiger partial charge in [0.05, 0.1) is 6.54 Å². The van der Waals surface area contributed by atoms with Gasteiger partial charge in [-0.2, -0.15) is 0 Å². The van der Waals surface area contributed by atoms with Gasteiger partial charge in [-0.15, -0.1) is 0 Å². The minimum atomic E-state index is -0.549. The second kappa shape index (κ2) is 8.33. The van der Waals surface area contributed by atoms with Crippen LogP contribution < -0.4 is 4.90 Å². The highest BCUT2D eigenvalue weighted by Crippen LogP contribution is 2.29. The zero-order valence-corrected chi connectivity index (χ0v) is 17.4. The Morgan fingerprint density at radius 1 is 1.25 bits per heavy atom. The Kier molecular flexibility index (Phi) is 6.06. The molecule has 0 unspecified atom stereocenters. The number of anilines is 1. The van der Waals surface area contributed by atoms with Crippen LogP contribution in [0.15, 0.2) is 18.2 Å². The average Bonchev–Trinajstić information content (AvgIpc) is 2.66. The van der Waals surface area contributed by atoms with Crippen LogP contribution in [0.25, 0.3) is 0 Å². The first-order chi connectivity index (χ1) is 13.3. The van der Waals surface area contributed by atoms with Crippen LogP contribution in [0, 0.1) is 12.8 Å². The number of carbonyl (C=O) groups excluding carboxylic acids is 3. The number of hydrogen-bond acceptors (Lipinski definition) is 3. The second-order valence-electron chi connectivity index (χ2n) is 8.30. The molecule has 1 aromatic rings. The van der Waals surface area contributed by atoms with E-state index in [4.69, 9.17) is 0 Å². The van der Waals surface area contributed by atoms with Gasteiger partial charge < -0.3 is 14.7 Å². The second-order valence-corrected chi connectivity index (χ2v) is 8.30. The lowest BCUT2D eigenvalue weighted by molar-refractivity contribution is -0.157. The molecule has 1 aromatic carbocycles. The average molecular weight is 386 g/mol. The first-order valence-electron chi connectivity index (χ1n) is 10.3. The molecule has 6 nitrogen and oxygen atoms in total. The van der Waals surface area contributed by atoms with Crippen molar-refractivity contribution in [3.63, 3.8) is 0 Å². The Labute approximate surface area is 167 Å². The Balaban J connectivity index is 1.82. The normalized spacial score (nSPS) is 20.0. The summed E-state index contributed by atoms with van der Waals surface area (Å²) in [6.07, 6.45) is 2.45. The van der Waals surface area contributed by atoms with Crippen molar-refractivity contribution in [2.45, 2.75) is 53.0 Å². The van der Waals surface area contributed by atoms with Gasteiger partial charge in [-0.05, 0) is 50.7 Å². The molecule has 2 aliphatic rings. The predicted octanol–water partition coefficient (Wildman–Crippen LogP) is 2.38. The molecule has 3 amide bonds. The molecule has 3 rings (SSSR count). The van der Waals surface area contributed by atoms with Gasteiger partial charge in [0.15, 0.2) is 0 Å². The van der Waals surface area contributed by atoms with E-state index < -0.39 is 6.04 Å². The van der Waals surface area contributed by atoms with Gasteiger partial charge in [0.25, 0.3) is 0 Å². The molecule has 0 aromatic heterocycles. The molecular weight excluding hydrogens is 354 g/mol. The molecule has 0 saturated carbocycles. The number of aryl methyl sites for hydroxylation is 2. The van der Waals surface area contributed by atoms with Gasteiger partial charge in [0.2, 0.25) is 17.7 Å². The molecular formula is C22H31N3O3. The summed E-state index contributed by atoms with van der Waals surface area (Å²) >= 11 is 0. The molecule has 1 atom stereocenters. The fourth-order valence-corrected chi connectivity index (χ4v) is 4.21. The van der Waals surface area contributed by atoms with Gasteiger partial charge in [-0.3, -0.25) is 14.4 Å². The van der Waals surface area contributed by atoms with Crippen LogP contribution in [0.4, 0.5) is 5.69 Å². The van der Waals surface area contributed by atoms with E-state index in [2.05, 4.69) is 13.0 Å². The number of likely N-dealkylation sites (N-methyl/N-ethyl adjacent to an activating group) is 1. The van der Waals surface area contributed by atoms with Crippen LogP contribution >= 0.6 is 0 Å². The fraction of sp³-hybridized carbons (Fsp3) is 0.591. The van der Waals surface area contributed by atoms with Crippen LogP contribution in [0.5, 0.6) is 0 Å². The first kappa shape index (κ1) is 20.4. The maximum Gasteiger partial charge on any atom is 0.246 e. The topological polar surface area (TPSA) is 60.9 Å². The minimum Gasteiger partial charge on any atom is -0.332 e. The van der Waals surface area contributed by atoms with Crippen molar-refractivity contribution >= 4 is 23.4 Å². The molecule has 6 heteroatoms. The summed E-state index contributed by atoms with van der Waals surface area (Å²) in [6.45, 7) is 9.19. The number of piperazine rings is 1. The number of carbonyl (C=O) groups is 3. The van der Waals surface area contributed by atoms with Crippen molar-refractivity contribution in [3.05, 3.63) is 29.3 Å². The quantitative estimate of drug-likeness (QED) is 0.782. The van der Waals surface area contributed by atoms with E-state index in [-0.39, 0.29) is 36.7 Å². The minimum absolute atomic E-state index is 0.0349. The summed E-state index contributed by atoms with van der Waals surface area (Å²) in [5.74, 6) is -0.0284. The van der Waals surface area contributed by atoms with E-state index in [1.807, 2.05) is 32.9 Å². The van der Waals surface area contributed by atoms with Crippen molar-refractivity contribution in [2.75, 3.05) is 31.1 Å². The van der Waals surface area contributed by atoms with Gasteiger partial charge in [0, 0.05) is 18.8 Å². The Hall–Kier alpha value is -2.37. The lowest BCUT2D eigenvalue weighted by Gasteiger charge is -2.41. The van der Waals surface area contributed by atoms with E-state index in [9.17, 15) is 14.4 Å². The third kappa shape index (κ3) is 4.05. The van der Waals surface area contributed by atoms with Crippen LogP contribution in [0.3, 0.4) is 0 Å². The van der Waals surface area contributed by atoms with E-state index in [1.54, 1.807) is 9.80 Å². The summed E-state index contributed by atoms with van der Waals surface area (Å²) in [4.78, 5) is 43.7. The van der Waals surface area contributed by atoms with Crippen LogP contribution in [0.2, 0.25) is 0 Å². The highest BCUT2D eigenvalue weighted by Gasteiger charge is 2.40. The molecule has 152 valence electrons. The Bertz CT molecular complexity index is 774. The molecule has 2 aliphatic heterocycles. The maximum atomic E-state index is 13.2. The number of hydrogen-bond donors (Lipinski definition) is 0. The van der Waals surface area contributed by atoms with Crippen molar-refractivity contribution in [1.29, 1.82) is 0 Å². The number of fused-ring (bicyclic) bond motifs is 1. The predicted molar refractivity (Wildman–Crippen MR) is 109 cm³/mol. The zero-order valence-electron chi connectivity index (χ0n) is 17.4. The highest BCUT2D eigenvalue weighted by atomic mass is 16.2. The summed E-state index contributed by atoms with van der Waals surface area (Å²) < 4.78 is 0. The Morgan fingerprint density at radius 2 is 2.00 bits per heavy atom. The molecule has 0 N–H and O–H groups in total. The van der Waals surface area contributed by atoms with Crippen LogP contribution in [-0.4, -0.2) is 59.7 Å². The summed E-state index contributed by atoms with van der Waals surface area (Å²) in [5, 5.41) is 0. The largest absolute Gasteiger partial charge is 0.332 e. The standard InChI is InChI=1S/C22H31N3O3/c1-5-23-13-20(26)25(19(22(23)28)11-15(2)3)14-21(27)24-10-6-7-17-12-16(4)8-9-18(17)24/h8-9,12,15,19H,5-7,10-11,13-14H2,1-4H3/t19-/m0/s1. The smallest absolute Gasteiger partial charge is 0.246 e. The van der Waals surface area contributed by atoms with Crippen molar-refractivity contribution in [3.8, 4) is 0 Å². The molecule has 0 aliphatic carbocycles. The lowest BCUT2D eigenvalue weighted by atomic mass is 9.98. The maximum absolute atomic E-state index is 13.2. The van der Waals surface area contributed by atoms with Crippen molar-refractivity contribution in [2.24, 2.45) is 5.92 Å². The zero-order chi connectivity index (χ0) is 20.4. The molecule has 0 radical (unpaired) electrons. The summed E-state index contributed by atoms with van der Waals surface area (Å²) in [7, 11) is 0. The number of nitrogens with zero attached hydrogens (tertiary/aromatic N) is 3. The SMILES string of the molecule is CCN1CC(=O)N(CC(=O)N2CCCc3cc(C)ccc32)[C@@H](CC(C)C)C1=O. The molecule has 0 spiro atoms. The summed E-state index contributed by atoms with van der Waals surface area (Å²) in [6, 6.07) is 5.59. The Morgan fingerprint density at radius 3 is 2.68 bits per heavy atom. The lowest BCUT2D eigenvalue weighted by Crippen LogP contribution is -2.62. The molecule has 1 fully saturated rings. The third-order valence-electron chi connectivity index (χ3n) is 5.66. The molecule has 28 heavy (non-hydrogen) atoms. The van der Waals surface area contributed by atoms with Gasteiger partial charge >= 0.3 is 0 Å². The fourth-order valence-electron chi connectivity index (χ4n) is 4.21. The summed E-state index contributed by atoms with van der Waals surface area (Å²) in [5.41, 5.74) is 3.30. The van der Waals surface area contributed by atoms with Gasteiger partial charge in [0.1, 0.15) is 12.6 Å². The van der Waals surface area contributed by atoms with Crippen LogP contribution in [0.1, 0.15) is 44.7 Å². The monoisotopic (exact) mass is 385 g/mol. The van der Waals surface area contributed by atoms with E-state index >= 15 is 0 Å². The molecule has 0 bridgehead atoms. The van der Waals surface area contributed by atoms with Crippen molar-refractivity contribution in [1.82, 2.24) is 9.80 Å². The number of amides is 3. The van der Waals surface area contributed by atoms with E-state index in [1.165, 1.54) is 16.0 Å². The third-order valence-corrected chi connectivity index (χ3v) is 5.66. The molecule has 2 heterocycles. The number of benzene rings is 1. The highest BCUT2D eigenvalue weighted by molar-refractivity contribution is 6.01. The van der Waals surface area contributed by atoms with E-state index in [0.29, 0.717) is 19.5 Å². The first-order valence-corrected chi connectivity index (χ1v) is 10.3. The van der Waals surface area contributed by atoms with Gasteiger partial charge in [-0.1, -0.05) is 31.5 Å². The van der Waals surface area contributed by atoms with Crippen LogP contribution in [-0.2, 0) is 20.8 Å².